The van der Waals surface area contributed by atoms with Crippen molar-refractivity contribution in [2.75, 3.05) is 0 Å². The zero-order chi connectivity index (χ0) is 12.2. The van der Waals surface area contributed by atoms with E-state index >= 15 is 0 Å². The zero-order valence-electron chi connectivity index (χ0n) is 11.6. The highest BCUT2D eigenvalue weighted by molar-refractivity contribution is 4.94. The van der Waals surface area contributed by atoms with Crippen LogP contribution in [0, 0.1) is 0 Å². The highest BCUT2D eigenvalue weighted by Gasteiger charge is 1.68. The molecule has 0 amide bonds. The van der Waals surface area contributed by atoms with Gasteiger partial charge in [0.25, 0.3) is 0 Å². The SMILES string of the molecule is C=C/C=C\C.CC.CC.CCCCC. The summed E-state index contributed by atoms with van der Waals surface area (Å²) >= 11 is 0. The Bertz CT molecular complexity index is 68.1. The lowest BCUT2D eigenvalue weighted by Gasteiger charge is -1.79. The lowest BCUT2D eigenvalue weighted by Crippen LogP contribution is -1.59. The van der Waals surface area contributed by atoms with Crippen molar-refractivity contribution in [3.63, 3.8) is 0 Å². The predicted molar refractivity (Wildman–Crippen MR) is 72.9 cm³/mol. The Morgan fingerprint density at radius 1 is 0.929 bits per heavy atom. The summed E-state index contributed by atoms with van der Waals surface area (Å²) in [6.45, 7) is 17.8. The Balaban J connectivity index is -0.0000000528. The van der Waals surface area contributed by atoms with Gasteiger partial charge in [0, 0.05) is 0 Å². The third-order valence-corrected chi connectivity index (χ3v) is 1.04. The summed E-state index contributed by atoms with van der Waals surface area (Å²) in [6, 6.07) is 0. The van der Waals surface area contributed by atoms with E-state index in [2.05, 4.69) is 20.4 Å². The fraction of sp³-hybridized carbons (Fsp3) is 0.714. The van der Waals surface area contributed by atoms with Crippen molar-refractivity contribution in [1.29, 1.82) is 0 Å². The summed E-state index contributed by atoms with van der Waals surface area (Å²) in [6.07, 6.45) is 9.65. The lowest BCUT2D eigenvalue weighted by molar-refractivity contribution is 0.772. The predicted octanol–water partition coefficient (Wildman–Crippen LogP) is 6.00. The molecular weight excluding hydrogens is 168 g/mol. The number of allylic oxidation sites excluding steroid dienone is 3. The smallest absolute Gasteiger partial charge is 0.0467 e. The molecule has 0 rings (SSSR count). The van der Waals surface area contributed by atoms with Gasteiger partial charge in [-0.05, 0) is 6.92 Å². The molecule has 0 heteroatoms. The second kappa shape index (κ2) is 54.8. The van der Waals surface area contributed by atoms with Gasteiger partial charge in [0.1, 0.15) is 0 Å². The van der Waals surface area contributed by atoms with E-state index in [1.807, 2.05) is 46.8 Å². The Labute approximate surface area is 93.1 Å². The van der Waals surface area contributed by atoms with E-state index in [1.165, 1.54) is 19.3 Å². The maximum absolute atomic E-state index is 3.46. The molecule has 88 valence electrons. The van der Waals surface area contributed by atoms with E-state index in [-0.39, 0.29) is 0 Å². The molecule has 0 heterocycles. The van der Waals surface area contributed by atoms with E-state index in [0.29, 0.717) is 0 Å². The molecule has 0 saturated carbocycles. The molecule has 0 atom stereocenters. The average Bonchev–Trinajstić information content (AvgIpc) is 2.27. The van der Waals surface area contributed by atoms with Crippen molar-refractivity contribution in [1.82, 2.24) is 0 Å². The third kappa shape index (κ3) is 104. The molecule has 0 saturated heterocycles. The molecule has 0 aromatic carbocycles. The van der Waals surface area contributed by atoms with Crippen LogP contribution in [0.15, 0.2) is 24.8 Å². The summed E-state index contributed by atoms with van der Waals surface area (Å²) in [5.41, 5.74) is 0. The Kier molecular flexibility index (Phi) is 91.4. The normalized spacial score (nSPS) is 7.07. The van der Waals surface area contributed by atoms with E-state index in [4.69, 9.17) is 0 Å². The van der Waals surface area contributed by atoms with Gasteiger partial charge in [0.2, 0.25) is 0 Å². The molecule has 0 aliphatic rings. The molecule has 0 aliphatic carbocycles. The summed E-state index contributed by atoms with van der Waals surface area (Å²) in [4.78, 5) is 0. The van der Waals surface area contributed by atoms with Gasteiger partial charge in [-0.15, -0.1) is 0 Å². The Morgan fingerprint density at radius 3 is 1.29 bits per heavy atom. The molecule has 0 bridgehead atoms. The molecule has 0 nitrogen and oxygen atoms in total. The van der Waals surface area contributed by atoms with Crippen LogP contribution in [0.4, 0.5) is 0 Å². The zero-order valence-corrected chi connectivity index (χ0v) is 11.6. The molecule has 0 fully saturated rings. The van der Waals surface area contributed by atoms with Gasteiger partial charge in [-0.3, -0.25) is 0 Å². The van der Waals surface area contributed by atoms with Gasteiger partial charge in [-0.1, -0.05) is 85.6 Å². The highest BCUT2D eigenvalue weighted by atomic mass is 13.7. The molecular formula is C14H32. The van der Waals surface area contributed by atoms with Gasteiger partial charge in [-0.25, -0.2) is 0 Å². The van der Waals surface area contributed by atoms with E-state index in [1.54, 1.807) is 6.08 Å². The number of unbranched alkanes of at least 4 members (excludes halogenated alkanes) is 2. The van der Waals surface area contributed by atoms with Crippen molar-refractivity contribution in [3.05, 3.63) is 24.8 Å². The van der Waals surface area contributed by atoms with Crippen LogP contribution in [0.25, 0.3) is 0 Å². The first-order chi connectivity index (χ1) is 6.83. The average molecular weight is 200 g/mol. The van der Waals surface area contributed by atoms with Crippen molar-refractivity contribution in [2.24, 2.45) is 0 Å². The molecule has 0 unspecified atom stereocenters. The molecule has 14 heavy (non-hydrogen) atoms. The third-order valence-electron chi connectivity index (χ3n) is 1.04. The van der Waals surface area contributed by atoms with E-state index in [9.17, 15) is 0 Å². The first-order valence-corrected chi connectivity index (χ1v) is 6.07. The summed E-state index contributed by atoms with van der Waals surface area (Å²) < 4.78 is 0. The standard InChI is InChI=1S/C5H12.C5H8.2C2H6/c2*1-3-5-4-2;2*1-2/h3-5H2,1-2H3;3-5H,1H2,2H3;2*1-2H3/b;5-4-;;. The first kappa shape index (κ1) is 23.4. The summed E-state index contributed by atoms with van der Waals surface area (Å²) in [7, 11) is 0. The van der Waals surface area contributed by atoms with Crippen molar-refractivity contribution >= 4 is 0 Å². The fourth-order valence-electron chi connectivity index (χ4n) is 0.490. The van der Waals surface area contributed by atoms with Crippen molar-refractivity contribution < 1.29 is 0 Å². The van der Waals surface area contributed by atoms with E-state index in [0.717, 1.165) is 0 Å². The molecule has 0 aromatic heterocycles. The maximum Gasteiger partial charge on any atom is -0.0467 e. The highest BCUT2D eigenvalue weighted by Crippen LogP contribution is 1.88. The van der Waals surface area contributed by atoms with Gasteiger partial charge < -0.3 is 0 Å². The molecule has 0 N–H and O–H groups in total. The second-order valence-corrected chi connectivity index (χ2v) is 2.12. The second-order valence-electron chi connectivity index (χ2n) is 2.12. The van der Waals surface area contributed by atoms with Crippen LogP contribution in [-0.4, -0.2) is 0 Å². The van der Waals surface area contributed by atoms with Crippen LogP contribution in [0.1, 0.15) is 67.7 Å². The molecule has 0 aromatic rings. The van der Waals surface area contributed by atoms with Crippen LogP contribution >= 0.6 is 0 Å². The minimum atomic E-state index is 1.34. The Hall–Kier alpha value is -0.520. The topological polar surface area (TPSA) is 0 Å². The maximum atomic E-state index is 3.46. The van der Waals surface area contributed by atoms with Gasteiger partial charge >= 0.3 is 0 Å². The van der Waals surface area contributed by atoms with Gasteiger partial charge in [0.15, 0.2) is 0 Å². The van der Waals surface area contributed by atoms with Crippen LogP contribution < -0.4 is 0 Å². The van der Waals surface area contributed by atoms with Crippen LogP contribution in [0.5, 0.6) is 0 Å². The molecule has 0 spiro atoms. The van der Waals surface area contributed by atoms with E-state index < -0.39 is 0 Å². The molecule has 0 radical (unpaired) electrons. The largest absolute Gasteiger partial charge is 0.0991 e. The van der Waals surface area contributed by atoms with Crippen LogP contribution in [-0.2, 0) is 0 Å². The number of rotatable bonds is 3. The summed E-state index contributed by atoms with van der Waals surface area (Å²) in [5.74, 6) is 0. The van der Waals surface area contributed by atoms with Gasteiger partial charge in [-0.2, -0.15) is 0 Å². The minimum absolute atomic E-state index is 1.34. The fourth-order valence-corrected chi connectivity index (χ4v) is 0.490. The van der Waals surface area contributed by atoms with Crippen LogP contribution in [0.2, 0.25) is 0 Å². The lowest BCUT2D eigenvalue weighted by atomic mass is 10.3. The number of hydrogen-bond acceptors (Lipinski definition) is 0. The van der Waals surface area contributed by atoms with Crippen molar-refractivity contribution in [3.8, 4) is 0 Å². The van der Waals surface area contributed by atoms with Gasteiger partial charge in [0.05, 0.1) is 0 Å². The van der Waals surface area contributed by atoms with Crippen molar-refractivity contribution in [2.45, 2.75) is 67.7 Å². The quantitative estimate of drug-likeness (QED) is 0.490. The first-order valence-electron chi connectivity index (χ1n) is 6.07. The Morgan fingerprint density at radius 2 is 1.29 bits per heavy atom. The minimum Gasteiger partial charge on any atom is -0.0991 e. The monoisotopic (exact) mass is 200 g/mol. The van der Waals surface area contributed by atoms with Crippen LogP contribution in [0.3, 0.4) is 0 Å². The summed E-state index contributed by atoms with van der Waals surface area (Å²) in [5, 5.41) is 0. The number of hydrogen-bond donors (Lipinski definition) is 0. The molecule has 0 aliphatic heterocycles.